The molecule has 1 aromatic carbocycles. The highest BCUT2D eigenvalue weighted by atomic mass is 35.5. The Morgan fingerprint density at radius 3 is 2.90 bits per heavy atom. The predicted octanol–water partition coefficient (Wildman–Crippen LogP) is 4.27. The third kappa shape index (κ3) is 2.82. The molecule has 2 aliphatic carbocycles. The van der Waals surface area contributed by atoms with Crippen molar-refractivity contribution in [2.24, 2.45) is 22.4 Å². The molecule has 0 unspecified atom stereocenters. The summed E-state index contributed by atoms with van der Waals surface area (Å²) in [5.74, 6) is 0.698. The van der Waals surface area contributed by atoms with E-state index >= 15 is 0 Å². The summed E-state index contributed by atoms with van der Waals surface area (Å²) in [7, 11) is 0. The molecule has 0 spiro atoms. The summed E-state index contributed by atoms with van der Waals surface area (Å²) in [4.78, 5) is 12.2. The zero-order chi connectivity index (χ0) is 15.0. The van der Waals surface area contributed by atoms with Crippen molar-refractivity contribution < 1.29 is 4.79 Å². The van der Waals surface area contributed by atoms with Gasteiger partial charge >= 0.3 is 0 Å². The van der Waals surface area contributed by atoms with Crippen molar-refractivity contribution in [1.29, 1.82) is 0 Å². The lowest BCUT2D eigenvalue weighted by Gasteiger charge is -2.15. The number of nitrogens with one attached hydrogen (secondary N) is 1. The van der Waals surface area contributed by atoms with Crippen LogP contribution in [0.5, 0.6) is 0 Å². The molecule has 0 saturated heterocycles. The fourth-order valence-electron chi connectivity index (χ4n) is 3.69. The van der Waals surface area contributed by atoms with Gasteiger partial charge in [0, 0.05) is 16.5 Å². The van der Waals surface area contributed by atoms with E-state index in [0.29, 0.717) is 16.0 Å². The molecule has 2 fully saturated rings. The van der Waals surface area contributed by atoms with E-state index in [4.69, 9.17) is 23.2 Å². The summed E-state index contributed by atoms with van der Waals surface area (Å²) in [5.41, 5.74) is 3.60. The monoisotopic (exact) mass is 324 g/mol. The Kier molecular flexibility index (Phi) is 3.98. The maximum absolute atomic E-state index is 12.2. The van der Waals surface area contributed by atoms with Gasteiger partial charge in [-0.1, -0.05) is 49.0 Å². The van der Waals surface area contributed by atoms with Crippen molar-refractivity contribution in [3.8, 4) is 0 Å². The highest BCUT2D eigenvalue weighted by molar-refractivity contribution is 6.36. The number of halogens is 2. The second-order valence-electron chi connectivity index (χ2n) is 6.24. The highest BCUT2D eigenvalue weighted by Gasteiger charge is 2.64. The Morgan fingerprint density at radius 1 is 1.43 bits per heavy atom. The van der Waals surface area contributed by atoms with Crippen molar-refractivity contribution in [2.75, 3.05) is 0 Å². The van der Waals surface area contributed by atoms with Crippen molar-refractivity contribution in [1.82, 2.24) is 5.43 Å². The summed E-state index contributed by atoms with van der Waals surface area (Å²) in [6, 6.07) is 5.18. The van der Waals surface area contributed by atoms with E-state index in [9.17, 15) is 4.79 Å². The van der Waals surface area contributed by atoms with Crippen LogP contribution in [-0.2, 0) is 4.79 Å². The first-order valence-electron chi connectivity index (χ1n) is 7.30. The molecule has 3 atom stereocenters. The molecule has 2 aliphatic rings. The van der Waals surface area contributed by atoms with Crippen LogP contribution in [0.1, 0.15) is 38.2 Å². The molecule has 21 heavy (non-hydrogen) atoms. The number of hydrogen-bond acceptors (Lipinski definition) is 2. The molecule has 0 bridgehead atoms. The number of hydrogen-bond donors (Lipinski definition) is 1. The van der Waals surface area contributed by atoms with E-state index in [0.717, 1.165) is 12.0 Å². The molecule has 1 N–H and O–H groups in total. The normalized spacial score (nSPS) is 31.0. The average Bonchev–Trinajstić information content (AvgIpc) is 3.07. The van der Waals surface area contributed by atoms with Gasteiger partial charge < -0.3 is 0 Å². The molecule has 0 aromatic heterocycles. The number of amides is 1. The van der Waals surface area contributed by atoms with Gasteiger partial charge in [-0.15, -0.1) is 0 Å². The van der Waals surface area contributed by atoms with E-state index in [1.54, 1.807) is 24.4 Å². The molecular formula is C16H18Cl2N2O. The van der Waals surface area contributed by atoms with Crippen LogP contribution in [0.25, 0.3) is 0 Å². The summed E-state index contributed by atoms with van der Waals surface area (Å²) in [5, 5.41) is 5.13. The minimum absolute atomic E-state index is 0.0331. The molecule has 3 nitrogen and oxygen atoms in total. The molecule has 1 aromatic rings. The third-order valence-corrected chi connectivity index (χ3v) is 5.52. The molecule has 112 valence electrons. The summed E-state index contributed by atoms with van der Waals surface area (Å²) in [6.45, 7) is 2.22. The van der Waals surface area contributed by atoms with E-state index < -0.39 is 0 Å². The smallest absolute Gasteiger partial charge is 0.244 e. The van der Waals surface area contributed by atoms with E-state index in [1.807, 2.05) is 0 Å². The first-order chi connectivity index (χ1) is 10.0. The lowest BCUT2D eigenvalue weighted by Crippen LogP contribution is -2.22. The zero-order valence-electron chi connectivity index (χ0n) is 11.9. The Bertz CT molecular complexity index is 602. The van der Waals surface area contributed by atoms with Gasteiger partial charge in [0.05, 0.1) is 11.2 Å². The Balaban J connectivity index is 1.60. The quantitative estimate of drug-likeness (QED) is 0.654. The van der Waals surface area contributed by atoms with Gasteiger partial charge in [-0.05, 0) is 36.3 Å². The Morgan fingerprint density at radius 2 is 2.24 bits per heavy atom. The highest BCUT2D eigenvalue weighted by Crippen LogP contribution is 2.66. The minimum atomic E-state index is 0.0331. The molecular weight excluding hydrogens is 307 g/mol. The topological polar surface area (TPSA) is 41.5 Å². The maximum atomic E-state index is 12.2. The fourth-order valence-corrected chi connectivity index (χ4v) is 4.15. The second kappa shape index (κ2) is 5.62. The van der Waals surface area contributed by atoms with Crippen molar-refractivity contribution >= 4 is 35.3 Å². The van der Waals surface area contributed by atoms with Crippen LogP contribution in [0.4, 0.5) is 0 Å². The van der Waals surface area contributed by atoms with Crippen LogP contribution < -0.4 is 5.43 Å². The van der Waals surface area contributed by atoms with Crippen LogP contribution >= 0.6 is 23.2 Å². The number of hydrazone groups is 1. The first-order valence-corrected chi connectivity index (χ1v) is 8.06. The van der Waals surface area contributed by atoms with Gasteiger partial charge in [-0.2, -0.15) is 5.10 Å². The second-order valence-corrected chi connectivity index (χ2v) is 7.08. The number of nitrogens with zero attached hydrogens (tertiary/aromatic N) is 1. The van der Waals surface area contributed by atoms with E-state index in [-0.39, 0.29) is 17.2 Å². The number of benzene rings is 1. The van der Waals surface area contributed by atoms with Crippen molar-refractivity contribution in [3.63, 3.8) is 0 Å². The fraction of sp³-hybridized carbons (Fsp3) is 0.500. The van der Waals surface area contributed by atoms with E-state index in [1.165, 1.54) is 19.3 Å². The molecule has 5 heteroatoms. The van der Waals surface area contributed by atoms with Crippen LogP contribution in [0.15, 0.2) is 23.3 Å². The SMILES string of the molecule is C[C@]12CCCC[C@H]1[C@@H]2C(=O)N/N=C\c1ccc(Cl)cc1Cl. The van der Waals surface area contributed by atoms with Crippen LogP contribution in [-0.4, -0.2) is 12.1 Å². The van der Waals surface area contributed by atoms with Crippen LogP contribution in [0.2, 0.25) is 10.0 Å². The summed E-state index contributed by atoms with van der Waals surface area (Å²) in [6.07, 6.45) is 6.36. The van der Waals surface area contributed by atoms with Gasteiger partial charge in [0.2, 0.25) is 5.91 Å². The minimum Gasteiger partial charge on any atom is -0.273 e. The molecule has 1 amide bonds. The Hall–Kier alpha value is -1.06. The molecule has 0 radical (unpaired) electrons. The molecule has 2 saturated carbocycles. The third-order valence-electron chi connectivity index (χ3n) is 4.95. The van der Waals surface area contributed by atoms with E-state index in [2.05, 4.69) is 17.5 Å². The molecule has 0 heterocycles. The first kappa shape index (κ1) is 14.9. The van der Waals surface area contributed by atoms with Crippen LogP contribution in [0.3, 0.4) is 0 Å². The number of fused-ring (bicyclic) bond motifs is 1. The molecule has 0 aliphatic heterocycles. The van der Waals surface area contributed by atoms with Gasteiger partial charge in [0.25, 0.3) is 0 Å². The summed E-state index contributed by atoms with van der Waals surface area (Å²) >= 11 is 11.9. The average molecular weight is 325 g/mol. The lowest BCUT2D eigenvalue weighted by molar-refractivity contribution is -0.123. The summed E-state index contributed by atoms with van der Waals surface area (Å²) < 4.78 is 0. The number of carbonyl (C=O) groups excluding carboxylic acids is 1. The van der Waals surface area contributed by atoms with Crippen molar-refractivity contribution in [2.45, 2.75) is 32.6 Å². The van der Waals surface area contributed by atoms with Gasteiger partial charge in [0.15, 0.2) is 0 Å². The largest absolute Gasteiger partial charge is 0.273 e. The van der Waals surface area contributed by atoms with Crippen molar-refractivity contribution in [3.05, 3.63) is 33.8 Å². The van der Waals surface area contributed by atoms with Gasteiger partial charge in [-0.25, -0.2) is 5.43 Å². The zero-order valence-corrected chi connectivity index (χ0v) is 13.4. The standard InChI is InChI=1S/C16H18Cl2N2O/c1-16-7-3-2-4-12(16)14(16)15(21)20-19-9-10-5-6-11(17)8-13(10)18/h5-6,8-9,12,14H,2-4,7H2,1H3,(H,20,21)/b19-9-/t12-,14+,16-/m0/s1. The molecule has 3 rings (SSSR count). The number of rotatable bonds is 3. The van der Waals surface area contributed by atoms with Crippen LogP contribution in [0, 0.1) is 17.3 Å². The Labute approximate surface area is 134 Å². The van der Waals surface area contributed by atoms with Gasteiger partial charge in [0.1, 0.15) is 0 Å². The maximum Gasteiger partial charge on any atom is 0.244 e. The predicted molar refractivity (Wildman–Crippen MR) is 85.8 cm³/mol. The number of carbonyl (C=O) groups is 1. The lowest BCUT2D eigenvalue weighted by atomic mass is 9.90. The van der Waals surface area contributed by atoms with Gasteiger partial charge in [-0.3, -0.25) is 4.79 Å².